The van der Waals surface area contributed by atoms with E-state index in [4.69, 9.17) is 39.9 Å². The van der Waals surface area contributed by atoms with Crippen molar-refractivity contribution in [3.63, 3.8) is 0 Å². The lowest BCUT2D eigenvalue weighted by atomic mass is 10.1. The molecule has 0 saturated carbocycles. The number of halogens is 3. The zero-order valence-corrected chi connectivity index (χ0v) is 8.57. The predicted octanol–water partition coefficient (Wildman–Crippen LogP) is 3.36. The number of carboxylic acids is 1. The Morgan fingerprint density at radius 3 is 2.38 bits per heavy atom. The maximum Gasteiger partial charge on any atom is 0.326 e. The van der Waals surface area contributed by atoms with Gasteiger partial charge in [0.05, 0.1) is 10.0 Å². The van der Waals surface area contributed by atoms with Gasteiger partial charge in [0.2, 0.25) is 0 Å². The van der Waals surface area contributed by atoms with Crippen LogP contribution in [0.5, 0.6) is 0 Å². The van der Waals surface area contributed by atoms with Gasteiger partial charge in [-0.15, -0.1) is 11.6 Å². The topological polar surface area (TPSA) is 37.3 Å². The van der Waals surface area contributed by atoms with Gasteiger partial charge < -0.3 is 5.11 Å². The largest absolute Gasteiger partial charge is 0.480 e. The predicted molar refractivity (Wildman–Crippen MR) is 52.7 cm³/mol. The Balaban J connectivity index is 3.03. The smallest absolute Gasteiger partial charge is 0.326 e. The van der Waals surface area contributed by atoms with Crippen molar-refractivity contribution in [2.45, 2.75) is 5.38 Å². The summed E-state index contributed by atoms with van der Waals surface area (Å²) in [7, 11) is 0. The maximum absolute atomic E-state index is 10.5. The molecule has 0 radical (unpaired) electrons. The molecule has 0 aliphatic rings. The number of benzene rings is 1. The lowest BCUT2D eigenvalue weighted by Crippen LogP contribution is -2.04. The molecule has 1 aromatic rings. The molecule has 1 atom stereocenters. The number of aliphatic carboxylic acids is 1. The van der Waals surface area contributed by atoms with Gasteiger partial charge in [-0.2, -0.15) is 0 Å². The number of alkyl halides is 1. The van der Waals surface area contributed by atoms with Crippen LogP contribution in [0.1, 0.15) is 10.9 Å². The Morgan fingerprint density at radius 2 is 1.92 bits per heavy atom. The molecule has 13 heavy (non-hydrogen) atoms. The van der Waals surface area contributed by atoms with Crippen LogP contribution in [0.15, 0.2) is 18.2 Å². The summed E-state index contributed by atoms with van der Waals surface area (Å²) in [5.41, 5.74) is 0.420. The summed E-state index contributed by atoms with van der Waals surface area (Å²) < 4.78 is 0. The van der Waals surface area contributed by atoms with Crippen molar-refractivity contribution >= 4 is 40.8 Å². The minimum atomic E-state index is -1.11. The molecule has 0 aliphatic heterocycles. The van der Waals surface area contributed by atoms with Crippen LogP contribution >= 0.6 is 34.8 Å². The quantitative estimate of drug-likeness (QED) is 0.804. The van der Waals surface area contributed by atoms with Gasteiger partial charge in [0.15, 0.2) is 5.38 Å². The fourth-order valence-corrected chi connectivity index (χ4v) is 1.25. The molecule has 0 unspecified atom stereocenters. The Kier molecular flexibility index (Phi) is 3.42. The molecule has 0 heterocycles. The molecule has 0 bridgehead atoms. The first kappa shape index (κ1) is 10.6. The van der Waals surface area contributed by atoms with Crippen molar-refractivity contribution < 1.29 is 9.90 Å². The van der Waals surface area contributed by atoms with E-state index in [9.17, 15) is 4.79 Å². The molecule has 2 nitrogen and oxygen atoms in total. The van der Waals surface area contributed by atoms with Gasteiger partial charge in [0.1, 0.15) is 0 Å². The molecule has 1 rings (SSSR count). The third kappa shape index (κ3) is 2.50. The van der Waals surface area contributed by atoms with Gasteiger partial charge in [0, 0.05) is 0 Å². The summed E-state index contributed by atoms with van der Waals surface area (Å²) in [6.07, 6.45) is 0. The molecule has 70 valence electrons. The van der Waals surface area contributed by atoms with E-state index in [1.807, 2.05) is 0 Å². The monoisotopic (exact) mass is 238 g/mol. The van der Waals surface area contributed by atoms with Crippen LogP contribution < -0.4 is 0 Å². The van der Waals surface area contributed by atoms with Crippen LogP contribution in [0.4, 0.5) is 0 Å². The zero-order chi connectivity index (χ0) is 10.0. The van der Waals surface area contributed by atoms with Crippen molar-refractivity contribution in [3.05, 3.63) is 33.8 Å². The molecule has 0 spiro atoms. The molecule has 5 heteroatoms. The van der Waals surface area contributed by atoms with Gasteiger partial charge in [-0.25, -0.2) is 0 Å². The zero-order valence-electron chi connectivity index (χ0n) is 6.30. The summed E-state index contributed by atoms with van der Waals surface area (Å²) in [6.45, 7) is 0. The van der Waals surface area contributed by atoms with E-state index in [1.165, 1.54) is 18.2 Å². The standard InChI is InChI=1S/C8H5Cl3O2/c9-5-2-1-4(3-6(5)10)7(11)8(12)13/h1-3,7H,(H,12,13)/t7-/m0/s1. The Hall–Kier alpha value is -0.440. The molecule has 1 N–H and O–H groups in total. The highest BCUT2D eigenvalue weighted by atomic mass is 35.5. The Morgan fingerprint density at radius 1 is 1.31 bits per heavy atom. The Bertz CT molecular complexity index is 338. The molecular weight excluding hydrogens is 234 g/mol. The van der Waals surface area contributed by atoms with Crippen LogP contribution in [0, 0.1) is 0 Å². The maximum atomic E-state index is 10.5. The number of carbonyl (C=O) groups is 1. The highest BCUT2D eigenvalue weighted by Crippen LogP contribution is 2.28. The number of hydrogen-bond donors (Lipinski definition) is 1. The van der Waals surface area contributed by atoms with Crippen molar-refractivity contribution in [2.24, 2.45) is 0 Å². The van der Waals surface area contributed by atoms with Crippen molar-refractivity contribution in [3.8, 4) is 0 Å². The van der Waals surface area contributed by atoms with E-state index < -0.39 is 11.3 Å². The van der Waals surface area contributed by atoms with Gasteiger partial charge in [0.25, 0.3) is 0 Å². The van der Waals surface area contributed by atoms with Crippen LogP contribution in [0.3, 0.4) is 0 Å². The van der Waals surface area contributed by atoms with E-state index in [0.29, 0.717) is 15.6 Å². The lowest BCUT2D eigenvalue weighted by Gasteiger charge is -2.05. The first-order valence-corrected chi connectivity index (χ1v) is 4.53. The van der Waals surface area contributed by atoms with Crippen molar-refractivity contribution in [1.29, 1.82) is 0 Å². The normalized spacial score (nSPS) is 12.5. The van der Waals surface area contributed by atoms with Crippen LogP contribution in [0.25, 0.3) is 0 Å². The second-order valence-corrected chi connectivity index (χ2v) is 3.63. The van der Waals surface area contributed by atoms with E-state index in [0.717, 1.165) is 0 Å². The third-order valence-electron chi connectivity index (χ3n) is 1.45. The van der Waals surface area contributed by atoms with Gasteiger partial charge in [-0.3, -0.25) is 4.79 Å². The summed E-state index contributed by atoms with van der Waals surface area (Å²) in [5, 5.41) is 8.17. The van der Waals surface area contributed by atoms with E-state index >= 15 is 0 Å². The summed E-state index contributed by atoms with van der Waals surface area (Å²) in [6, 6.07) is 4.48. The summed E-state index contributed by atoms with van der Waals surface area (Å²) in [5.74, 6) is -1.11. The van der Waals surface area contributed by atoms with Crippen molar-refractivity contribution in [1.82, 2.24) is 0 Å². The van der Waals surface area contributed by atoms with Crippen LogP contribution in [-0.2, 0) is 4.79 Å². The van der Waals surface area contributed by atoms with Gasteiger partial charge >= 0.3 is 5.97 Å². The van der Waals surface area contributed by atoms with Gasteiger partial charge in [-0.1, -0.05) is 29.3 Å². The van der Waals surface area contributed by atoms with Gasteiger partial charge in [-0.05, 0) is 17.7 Å². The molecular formula is C8H5Cl3O2. The second-order valence-electron chi connectivity index (χ2n) is 2.37. The fourth-order valence-electron chi connectivity index (χ4n) is 0.813. The Labute approximate surface area is 90.0 Å². The first-order chi connectivity index (χ1) is 6.02. The molecule has 0 aromatic heterocycles. The lowest BCUT2D eigenvalue weighted by molar-refractivity contribution is -0.136. The molecule has 0 amide bonds. The number of hydrogen-bond acceptors (Lipinski definition) is 1. The summed E-state index contributed by atoms with van der Waals surface area (Å²) in [4.78, 5) is 10.5. The molecule has 0 aliphatic carbocycles. The highest BCUT2D eigenvalue weighted by molar-refractivity contribution is 6.42. The summed E-state index contributed by atoms with van der Waals surface area (Å²) >= 11 is 16.9. The third-order valence-corrected chi connectivity index (χ3v) is 2.63. The van der Waals surface area contributed by atoms with E-state index in [2.05, 4.69) is 0 Å². The highest BCUT2D eigenvalue weighted by Gasteiger charge is 2.16. The van der Waals surface area contributed by atoms with Crippen LogP contribution in [-0.4, -0.2) is 11.1 Å². The molecule has 1 aromatic carbocycles. The minimum absolute atomic E-state index is 0.297. The first-order valence-electron chi connectivity index (χ1n) is 3.34. The second kappa shape index (κ2) is 4.18. The fraction of sp³-hybridized carbons (Fsp3) is 0.125. The average Bonchev–Trinajstić information content (AvgIpc) is 2.08. The van der Waals surface area contributed by atoms with E-state index in [-0.39, 0.29) is 0 Å². The van der Waals surface area contributed by atoms with Crippen molar-refractivity contribution in [2.75, 3.05) is 0 Å². The molecule has 0 fully saturated rings. The SMILES string of the molecule is O=C(O)[C@@H](Cl)c1ccc(Cl)c(Cl)c1. The van der Waals surface area contributed by atoms with E-state index in [1.54, 1.807) is 0 Å². The number of carboxylic acid groups (broad SMARTS) is 1. The minimum Gasteiger partial charge on any atom is -0.480 e. The number of rotatable bonds is 2. The average molecular weight is 239 g/mol. The molecule has 0 saturated heterocycles. The van der Waals surface area contributed by atoms with Crippen LogP contribution in [0.2, 0.25) is 10.0 Å².